The van der Waals surface area contributed by atoms with Gasteiger partial charge in [0.15, 0.2) is 0 Å². The Morgan fingerprint density at radius 2 is 2.06 bits per heavy atom. The summed E-state index contributed by atoms with van der Waals surface area (Å²) in [6, 6.07) is 1.22. The van der Waals surface area contributed by atoms with Gasteiger partial charge < -0.3 is 15.7 Å². The summed E-state index contributed by atoms with van der Waals surface area (Å²) in [5, 5.41) is 8.68. The third kappa shape index (κ3) is 3.89. The Balaban J connectivity index is 2.85. The molecule has 8 heteroatoms. The molecule has 0 unspecified atom stereocenters. The van der Waals surface area contributed by atoms with Crippen LogP contribution in [-0.4, -0.2) is 40.9 Å². The standard InChI is InChI=1S/C8H11F3N4O/c9-8(10,11)4-15(1-2-16)7-3-6(12)13-5-14-7/h3,5,16H,1-2,4H2,(H2,12,13,14). The maximum atomic E-state index is 12.2. The molecule has 0 bridgehead atoms. The number of anilines is 2. The summed E-state index contributed by atoms with van der Waals surface area (Å²) in [5.41, 5.74) is 5.33. The van der Waals surface area contributed by atoms with Gasteiger partial charge in [0.1, 0.15) is 24.5 Å². The van der Waals surface area contributed by atoms with Gasteiger partial charge >= 0.3 is 6.18 Å². The van der Waals surface area contributed by atoms with Crippen LogP contribution in [0.5, 0.6) is 0 Å². The molecule has 0 aliphatic heterocycles. The number of aliphatic hydroxyl groups excluding tert-OH is 1. The lowest BCUT2D eigenvalue weighted by Gasteiger charge is -2.23. The zero-order valence-electron chi connectivity index (χ0n) is 8.28. The second-order valence-electron chi connectivity index (χ2n) is 3.06. The van der Waals surface area contributed by atoms with Crippen molar-refractivity contribution >= 4 is 11.6 Å². The first-order valence-corrected chi connectivity index (χ1v) is 4.42. The number of alkyl halides is 3. The van der Waals surface area contributed by atoms with Gasteiger partial charge in [0.05, 0.1) is 6.61 Å². The number of nitrogens with zero attached hydrogens (tertiary/aromatic N) is 3. The third-order valence-electron chi connectivity index (χ3n) is 1.74. The van der Waals surface area contributed by atoms with E-state index >= 15 is 0 Å². The molecule has 0 spiro atoms. The van der Waals surface area contributed by atoms with Crippen molar-refractivity contribution in [1.29, 1.82) is 0 Å². The van der Waals surface area contributed by atoms with Gasteiger partial charge in [-0.3, -0.25) is 0 Å². The van der Waals surface area contributed by atoms with E-state index in [0.29, 0.717) is 0 Å². The first kappa shape index (κ1) is 12.5. The fourth-order valence-electron chi connectivity index (χ4n) is 1.15. The molecule has 0 fully saturated rings. The number of aromatic nitrogens is 2. The zero-order valence-corrected chi connectivity index (χ0v) is 8.28. The summed E-state index contributed by atoms with van der Waals surface area (Å²) in [4.78, 5) is 8.13. The van der Waals surface area contributed by atoms with E-state index in [9.17, 15) is 13.2 Å². The Kier molecular flexibility index (Phi) is 3.88. The van der Waals surface area contributed by atoms with Crippen LogP contribution in [0.2, 0.25) is 0 Å². The summed E-state index contributed by atoms with van der Waals surface area (Å²) < 4.78 is 36.7. The van der Waals surface area contributed by atoms with E-state index < -0.39 is 19.3 Å². The second kappa shape index (κ2) is 4.97. The van der Waals surface area contributed by atoms with Crippen molar-refractivity contribution in [1.82, 2.24) is 9.97 Å². The molecule has 16 heavy (non-hydrogen) atoms. The van der Waals surface area contributed by atoms with E-state index in [1.807, 2.05) is 0 Å². The van der Waals surface area contributed by atoms with Crippen LogP contribution in [0.25, 0.3) is 0 Å². The molecule has 1 rings (SSSR count). The van der Waals surface area contributed by atoms with E-state index in [4.69, 9.17) is 10.8 Å². The predicted octanol–water partition coefficient (Wildman–Crippen LogP) is 0.420. The fraction of sp³-hybridized carbons (Fsp3) is 0.500. The van der Waals surface area contributed by atoms with E-state index in [1.54, 1.807) is 0 Å². The number of rotatable bonds is 4. The Bertz CT molecular complexity index is 344. The van der Waals surface area contributed by atoms with Gasteiger partial charge in [0, 0.05) is 12.6 Å². The molecule has 1 heterocycles. The largest absolute Gasteiger partial charge is 0.405 e. The maximum Gasteiger partial charge on any atom is 0.405 e. The lowest BCUT2D eigenvalue weighted by Crippen LogP contribution is -2.36. The number of halogens is 3. The minimum atomic E-state index is -4.37. The molecule has 0 saturated carbocycles. The molecule has 0 saturated heterocycles. The molecule has 0 amide bonds. The van der Waals surface area contributed by atoms with E-state index in [1.165, 1.54) is 6.07 Å². The molecule has 0 aromatic carbocycles. The highest BCUT2D eigenvalue weighted by molar-refractivity contribution is 5.45. The molecule has 0 aliphatic carbocycles. The second-order valence-corrected chi connectivity index (χ2v) is 3.06. The van der Waals surface area contributed by atoms with Gasteiger partial charge in [-0.1, -0.05) is 0 Å². The normalized spacial score (nSPS) is 11.5. The average molecular weight is 236 g/mol. The number of aliphatic hydroxyl groups is 1. The van der Waals surface area contributed by atoms with E-state index in [0.717, 1.165) is 11.2 Å². The fourth-order valence-corrected chi connectivity index (χ4v) is 1.15. The monoisotopic (exact) mass is 236 g/mol. The molecule has 3 N–H and O–H groups in total. The summed E-state index contributed by atoms with van der Waals surface area (Å²) in [5.74, 6) is 0.119. The average Bonchev–Trinajstić information content (AvgIpc) is 2.15. The molecule has 0 aliphatic rings. The highest BCUT2D eigenvalue weighted by Gasteiger charge is 2.31. The van der Waals surface area contributed by atoms with Gasteiger partial charge in [0.2, 0.25) is 0 Å². The lowest BCUT2D eigenvalue weighted by atomic mass is 10.4. The quantitative estimate of drug-likeness (QED) is 0.792. The van der Waals surface area contributed by atoms with Crippen LogP contribution in [0.4, 0.5) is 24.8 Å². The third-order valence-corrected chi connectivity index (χ3v) is 1.74. The van der Waals surface area contributed by atoms with Crippen molar-refractivity contribution in [2.75, 3.05) is 30.3 Å². The number of nitrogens with two attached hydrogens (primary N) is 1. The van der Waals surface area contributed by atoms with Crippen LogP contribution in [-0.2, 0) is 0 Å². The molecular formula is C8H11F3N4O. The van der Waals surface area contributed by atoms with Crippen LogP contribution < -0.4 is 10.6 Å². The van der Waals surface area contributed by atoms with Crippen LogP contribution in [0.15, 0.2) is 12.4 Å². The minimum Gasteiger partial charge on any atom is -0.395 e. The van der Waals surface area contributed by atoms with Crippen molar-refractivity contribution in [3.8, 4) is 0 Å². The van der Waals surface area contributed by atoms with E-state index in [-0.39, 0.29) is 18.2 Å². The first-order valence-electron chi connectivity index (χ1n) is 4.42. The predicted molar refractivity (Wildman–Crippen MR) is 51.8 cm³/mol. The Hall–Kier alpha value is -1.57. The minimum absolute atomic E-state index is 0.0406. The van der Waals surface area contributed by atoms with Crippen molar-refractivity contribution in [3.05, 3.63) is 12.4 Å². The van der Waals surface area contributed by atoms with Gasteiger partial charge in [-0.2, -0.15) is 13.2 Å². The SMILES string of the molecule is Nc1cc(N(CCO)CC(F)(F)F)ncn1. The van der Waals surface area contributed by atoms with Gasteiger partial charge in [0.25, 0.3) is 0 Å². The number of hydrogen-bond donors (Lipinski definition) is 2. The molecule has 90 valence electrons. The Morgan fingerprint density at radius 1 is 1.38 bits per heavy atom. The summed E-state index contributed by atoms with van der Waals surface area (Å²) in [6.45, 7) is -1.76. The first-order chi connectivity index (χ1) is 7.42. The lowest BCUT2D eigenvalue weighted by molar-refractivity contribution is -0.120. The highest BCUT2D eigenvalue weighted by Crippen LogP contribution is 2.20. The molecule has 5 nitrogen and oxygen atoms in total. The molecule has 1 aromatic heterocycles. The molecular weight excluding hydrogens is 225 g/mol. The number of nitrogen functional groups attached to an aromatic ring is 1. The smallest absolute Gasteiger partial charge is 0.395 e. The Labute approximate surface area is 89.7 Å². The van der Waals surface area contributed by atoms with Crippen LogP contribution in [0.3, 0.4) is 0 Å². The topological polar surface area (TPSA) is 75.3 Å². The van der Waals surface area contributed by atoms with Gasteiger partial charge in [-0.25, -0.2) is 9.97 Å². The van der Waals surface area contributed by atoms with Crippen molar-refractivity contribution in [3.63, 3.8) is 0 Å². The molecule has 0 atom stereocenters. The summed E-state index contributed by atoms with van der Waals surface area (Å²) in [6.07, 6.45) is -3.29. The van der Waals surface area contributed by atoms with Crippen molar-refractivity contribution in [2.24, 2.45) is 0 Å². The summed E-state index contributed by atoms with van der Waals surface area (Å²) >= 11 is 0. The Morgan fingerprint density at radius 3 is 2.56 bits per heavy atom. The molecule has 0 radical (unpaired) electrons. The van der Waals surface area contributed by atoms with Crippen LogP contribution in [0.1, 0.15) is 0 Å². The van der Waals surface area contributed by atoms with E-state index in [2.05, 4.69) is 9.97 Å². The highest BCUT2D eigenvalue weighted by atomic mass is 19.4. The number of hydrogen-bond acceptors (Lipinski definition) is 5. The van der Waals surface area contributed by atoms with Gasteiger partial charge in [-0.05, 0) is 0 Å². The molecule has 1 aromatic rings. The van der Waals surface area contributed by atoms with Crippen LogP contribution in [0, 0.1) is 0 Å². The maximum absolute atomic E-state index is 12.2. The van der Waals surface area contributed by atoms with Crippen molar-refractivity contribution < 1.29 is 18.3 Å². The van der Waals surface area contributed by atoms with Gasteiger partial charge in [-0.15, -0.1) is 0 Å². The zero-order chi connectivity index (χ0) is 12.2. The van der Waals surface area contributed by atoms with Crippen molar-refractivity contribution in [2.45, 2.75) is 6.18 Å². The summed E-state index contributed by atoms with van der Waals surface area (Å²) in [7, 11) is 0. The van der Waals surface area contributed by atoms with Crippen LogP contribution >= 0.6 is 0 Å².